The predicted octanol–water partition coefficient (Wildman–Crippen LogP) is 3.83. The highest BCUT2D eigenvalue weighted by Gasteiger charge is 2.62. The van der Waals surface area contributed by atoms with Gasteiger partial charge in [0.2, 0.25) is 27.7 Å². The number of carbonyl (C=O) groups is 4. The second-order valence-electron chi connectivity index (χ2n) is 16.5. The van der Waals surface area contributed by atoms with E-state index in [0.717, 1.165) is 24.8 Å². The summed E-state index contributed by atoms with van der Waals surface area (Å²) >= 11 is 0. The molecule has 14 nitrogen and oxygen atoms in total. The van der Waals surface area contributed by atoms with Gasteiger partial charge in [0.25, 0.3) is 5.91 Å². The number of benzene rings is 2. The number of amides is 4. The van der Waals surface area contributed by atoms with Crippen molar-refractivity contribution >= 4 is 44.6 Å². The molecule has 2 saturated heterocycles. The lowest BCUT2D eigenvalue weighted by molar-refractivity contribution is -0.145. The van der Waals surface area contributed by atoms with Gasteiger partial charge in [0.15, 0.2) is 0 Å². The Morgan fingerprint density at radius 2 is 1.83 bits per heavy atom. The SMILES string of the molecule is COc1ccc2c(O[C@@H]3C[C@H]4C(=O)N[C@]5(C(=O)NS(=O)(=O)C6CC6)C[C@H]5C=CCCCCC[C@H](CC(=O)N5CC[C@H](N)C5)C(=O)N4C3)cc(-c3ccccc3)nc2c1. The fourth-order valence-corrected chi connectivity index (χ4v) is 10.0. The van der Waals surface area contributed by atoms with Crippen molar-refractivity contribution in [3.05, 3.63) is 66.7 Å². The number of nitrogens with two attached hydrogens (primary N) is 1. The van der Waals surface area contributed by atoms with Crippen LogP contribution in [0, 0.1) is 11.8 Å². The van der Waals surface area contributed by atoms with Crippen molar-refractivity contribution in [3.8, 4) is 22.8 Å². The van der Waals surface area contributed by atoms with Gasteiger partial charge in [0.05, 0.1) is 30.1 Å². The van der Waals surface area contributed by atoms with Gasteiger partial charge in [-0.2, -0.15) is 0 Å². The fourth-order valence-electron chi connectivity index (χ4n) is 8.67. The molecule has 1 aromatic heterocycles. The summed E-state index contributed by atoms with van der Waals surface area (Å²) in [6.07, 6.45) is 8.75. The summed E-state index contributed by atoms with van der Waals surface area (Å²) in [7, 11) is -2.31. The van der Waals surface area contributed by atoms with Gasteiger partial charge in [-0.25, -0.2) is 13.4 Å². The highest BCUT2D eigenvalue weighted by Crippen LogP contribution is 2.46. The van der Waals surface area contributed by atoms with Crippen LogP contribution in [0.3, 0.4) is 0 Å². The average Bonchev–Trinajstić information content (AvgIpc) is 4.11. The number of methoxy groups -OCH3 is 1. The van der Waals surface area contributed by atoms with E-state index in [1.54, 1.807) is 12.0 Å². The Morgan fingerprint density at radius 1 is 1.02 bits per heavy atom. The normalized spacial score (nSPS) is 27.9. The van der Waals surface area contributed by atoms with E-state index in [-0.39, 0.29) is 43.7 Å². The van der Waals surface area contributed by atoms with Crippen LogP contribution in [0.25, 0.3) is 22.2 Å². The number of carbonyl (C=O) groups excluding carboxylic acids is 4. The molecule has 5 aliphatic rings. The molecule has 308 valence electrons. The maximum atomic E-state index is 14.8. The quantitative estimate of drug-likeness (QED) is 0.268. The number of aromatic nitrogens is 1. The van der Waals surface area contributed by atoms with Crippen molar-refractivity contribution < 1.29 is 37.1 Å². The highest BCUT2D eigenvalue weighted by molar-refractivity contribution is 7.91. The Labute approximate surface area is 338 Å². The summed E-state index contributed by atoms with van der Waals surface area (Å²) in [5.41, 5.74) is 6.82. The zero-order valence-corrected chi connectivity index (χ0v) is 33.6. The van der Waals surface area contributed by atoms with Crippen molar-refractivity contribution in [1.29, 1.82) is 0 Å². The van der Waals surface area contributed by atoms with E-state index in [9.17, 15) is 27.6 Å². The van der Waals surface area contributed by atoms with Crippen LogP contribution < -0.4 is 25.2 Å². The Balaban J connectivity index is 1.12. The van der Waals surface area contributed by atoms with Gasteiger partial charge in [-0.1, -0.05) is 55.3 Å². The van der Waals surface area contributed by atoms with Gasteiger partial charge in [0, 0.05) is 66.9 Å². The number of rotatable bonds is 9. The van der Waals surface area contributed by atoms with E-state index in [0.29, 0.717) is 73.3 Å². The molecule has 4 N–H and O–H groups in total. The van der Waals surface area contributed by atoms with Crippen LogP contribution in [0.2, 0.25) is 0 Å². The molecule has 8 rings (SSSR count). The van der Waals surface area contributed by atoms with E-state index >= 15 is 0 Å². The maximum absolute atomic E-state index is 14.8. The monoisotopic (exact) mass is 812 g/mol. The first-order valence-corrected chi connectivity index (χ1v) is 22.1. The first-order valence-electron chi connectivity index (χ1n) is 20.5. The molecule has 2 aliphatic carbocycles. The summed E-state index contributed by atoms with van der Waals surface area (Å²) in [4.78, 5) is 65.0. The third-order valence-electron chi connectivity index (χ3n) is 12.3. The van der Waals surface area contributed by atoms with Crippen LogP contribution in [0.1, 0.15) is 70.6 Å². The number of allylic oxidation sites excluding steroid dienone is 1. The number of likely N-dealkylation sites (tertiary alicyclic amines) is 1. The van der Waals surface area contributed by atoms with Crippen LogP contribution in [-0.4, -0.2) is 103 Å². The third kappa shape index (κ3) is 8.42. The van der Waals surface area contributed by atoms with Crippen molar-refractivity contribution in [2.45, 2.75) is 99.6 Å². The molecule has 15 heteroatoms. The molecule has 4 fully saturated rings. The smallest absolute Gasteiger partial charge is 0.259 e. The summed E-state index contributed by atoms with van der Waals surface area (Å²) in [6, 6.07) is 15.9. The van der Waals surface area contributed by atoms with Crippen molar-refractivity contribution in [1.82, 2.24) is 24.8 Å². The standard InChI is InChI=1S/C43H52N6O8S/c1-56-31-14-17-34-36(21-31)45-35(27-10-7-5-8-11-27)23-38(34)57-32-22-37-40(51)46-43(42(53)47-58(54,55)33-15-16-33)24-29(43)13-9-4-2-3-6-12-28(41(52)49(37)26-32)20-39(50)48-19-18-30(44)25-48/h5,7-11,13-14,17,21,23,28-30,32-33,37H,2-4,6,12,15-16,18-20,22,24-26,44H2,1H3,(H,46,51)(H,47,53)/t28-,29-,30+,32-,37+,43-/m1/s1. The van der Waals surface area contributed by atoms with E-state index in [1.807, 2.05) is 66.7 Å². The minimum absolute atomic E-state index is 0.00742. The molecule has 58 heavy (non-hydrogen) atoms. The second kappa shape index (κ2) is 16.3. The van der Waals surface area contributed by atoms with Gasteiger partial charge < -0.3 is 30.3 Å². The molecule has 0 unspecified atom stereocenters. The number of nitrogens with one attached hydrogen (secondary N) is 2. The third-order valence-corrected chi connectivity index (χ3v) is 14.1. The highest BCUT2D eigenvalue weighted by atomic mass is 32.2. The van der Waals surface area contributed by atoms with Crippen LogP contribution in [-0.2, 0) is 29.2 Å². The van der Waals surface area contributed by atoms with Gasteiger partial charge in [-0.15, -0.1) is 0 Å². The maximum Gasteiger partial charge on any atom is 0.259 e. The molecule has 0 radical (unpaired) electrons. The molecule has 6 atom stereocenters. The molecule has 2 saturated carbocycles. The van der Waals surface area contributed by atoms with Crippen LogP contribution in [0.5, 0.6) is 11.5 Å². The molecule has 3 aliphatic heterocycles. The topological polar surface area (TPSA) is 190 Å². The Morgan fingerprint density at radius 3 is 2.57 bits per heavy atom. The van der Waals surface area contributed by atoms with Crippen LogP contribution >= 0.6 is 0 Å². The summed E-state index contributed by atoms with van der Waals surface area (Å²) < 4.78 is 40.4. The minimum atomic E-state index is -3.89. The van der Waals surface area contributed by atoms with E-state index in [1.165, 1.54) is 4.90 Å². The van der Waals surface area contributed by atoms with Crippen molar-refractivity contribution in [2.24, 2.45) is 17.6 Å². The van der Waals surface area contributed by atoms with Gasteiger partial charge in [-0.05, 0) is 57.1 Å². The number of sulfonamides is 1. The Kier molecular flexibility index (Phi) is 11.2. The minimum Gasteiger partial charge on any atom is -0.497 e. The Hall–Kier alpha value is -5.02. The molecule has 4 heterocycles. The molecular weight excluding hydrogens is 761 g/mol. The first kappa shape index (κ1) is 39.8. The molecular formula is C43H52N6O8S. The summed E-state index contributed by atoms with van der Waals surface area (Å²) in [6.45, 7) is 1.03. The zero-order chi connectivity index (χ0) is 40.6. The number of fused-ring (bicyclic) bond motifs is 3. The molecule has 4 amide bonds. The zero-order valence-electron chi connectivity index (χ0n) is 32.8. The number of pyridine rings is 1. The van der Waals surface area contributed by atoms with Crippen molar-refractivity contribution in [2.75, 3.05) is 26.7 Å². The lowest BCUT2D eigenvalue weighted by Gasteiger charge is -2.30. The van der Waals surface area contributed by atoms with E-state index in [4.69, 9.17) is 20.2 Å². The molecule has 0 spiro atoms. The van der Waals surface area contributed by atoms with Gasteiger partial charge >= 0.3 is 0 Å². The molecule has 0 bridgehead atoms. The Bertz CT molecular complexity index is 2210. The van der Waals surface area contributed by atoms with Gasteiger partial charge in [-0.3, -0.25) is 23.9 Å². The van der Waals surface area contributed by atoms with Gasteiger partial charge in [0.1, 0.15) is 29.2 Å². The van der Waals surface area contributed by atoms with E-state index < -0.39 is 56.6 Å². The number of ether oxygens (including phenoxy) is 2. The molecule has 3 aromatic rings. The summed E-state index contributed by atoms with van der Waals surface area (Å²) in [5.74, 6) is -1.78. The fraction of sp³-hybridized carbons (Fsp3) is 0.512. The number of nitrogens with zero attached hydrogens (tertiary/aromatic N) is 3. The second-order valence-corrected chi connectivity index (χ2v) is 18.5. The van der Waals surface area contributed by atoms with Crippen LogP contribution in [0.4, 0.5) is 0 Å². The van der Waals surface area contributed by atoms with Crippen molar-refractivity contribution in [3.63, 3.8) is 0 Å². The average molecular weight is 813 g/mol. The predicted molar refractivity (Wildman–Crippen MR) is 217 cm³/mol. The lowest BCUT2D eigenvalue weighted by atomic mass is 9.94. The number of hydrogen-bond donors (Lipinski definition) is 3. The summed E-state index contributed by atoms with van der Waals surface area (Å²) in [5, 5.41) is 3.04. The van der Waals surface area contributed by atoms with E-state index in [2.05, 4.69) is 10.0 Å². The lowest BCUT2D eigenvalue weighted by Crippen LogP contribution is -2.57. The largest absolute Gasteiger partial charge is 0.497 e. The molecule has 2 aromatic carbocycles. The van der Waals surface area contributed by atoms with Crippen LogP contribution in [0.15, 0.2) is 66.7 Å². The first-order chi connectivity index (χ1) is 27.9. The number of hydrogen-bond acceptors (Lipinski definition) is 10.